The first kappa shape index (κ1) is 22.2. The molecule has 4 aromatic rings. The molecule has 1 unspecified atom stereocenters. The van der Waals surface area contributed by atoms with E-state index < -0.39 is 6.04 Å². The number of aryl methyl sites for hydroxylation is 1. The first-order valence-corrected chi connectivity index (χ1v) is 11.4. The van der Waals surface area contributed by atoms with Gasteiger partial charge in [0.2, 0.25) is 5.82 Å². The number of allylic oxidation sites excluding steroid dienone is 1. The van der Waals surface area contributed by atoms with Gasteiger partial charge in [-0.05, 0) is 61.9 Å². The molecule has 0 fully saturated rings. The number of aromatic nitrogens is 2. The number of hydrogen-bond acceptors (Lipinski definition) is 4. The smallest absolute Gasteiger partial charge is 0.326 e. The van der Waals surface area contributed by atoms with Gasteiger partial charge < -0.3 is 9.84 Å². The number of urea groups is 1. The Morgan fingerprint density at radius 1 is 0.941 bits per heavy atom. The van der Waals surface area contributed by atoms with Crippen LogP contribution in [0.4, 0.5) is 10.5 Å². The molecule has 34 heavy (non-hydrogen) atoms. The van der Waals surface area contributed by atoms with E-state index in [0.717, 1.165) is 16.7 Å². The van der Waals surface area contributed by atoms with Gasteiger partial charge in [-0.2, -0.15) is 4.98 Å². The lowest BCUT2D eigenvalue weighted by Gasteiger charge is -2.35. The highest BCUT2D eigenvalue weighted by Gasteiger charge is 2.36. The summed E-state index contributed by atoms with van der Waals surface area (Å²) in [5.41, 5.74) is 4.76. The molecule has 0 spiro atoms. The van der Waals surface area contributed by atoms with Gasteiger partial charge in [0.25, 0.3) is 5.89 Å². The summed E-state index contributed by atoms with van der Waals surface area (Å²) >= 11 is 12.3. The Hall–Kier alpha value is -3.61. The fraction of sp³-hybridized carbons (Fsp3) is 0.115. The standard InChI is InChI=1S/C26H20Cl2N4O2/c1-15-5-3-7-18(13-15)24-30-25(34-31-24)22-16(2)32(21-11-9-19(27)10-12-21)26(33)29-23(22)17-6-4-8-20(28)14-17/h3-14,23H,1-2H3,(H,29,33). The number of nitrogens with one attached hydrogen (secondary N) is 1. The van der Waals surface area contributed by atoms with Crippen LogP contribution >= 0.6 is 23.2 Å². The summed E-state index contributed by atoms with van der Waals surface area (Å²) in [6, 6.07) is 21.5. The maximum Gasteiger partial charge on any atom is 0.326 e. The number of carbonyl (C=O) groups is 1. The van der Waals surface area contributed by atoms with Crippen molar-refractivity contribution in [1.29, 1.82) is 0 Å². The van der Waals surface area contributed by atoms with Crippen molar-refractivity contribution in [2.45, 2.75) is 19.9 Å². The zero-order valence-electron chi connectivity index (χ0n) is 18.4. The van der Waals surface area contributed by atoms with Crippen molar-refractivity contribution < 1.29 is 9.32 Å². The molecule has 3 aromatic carbocycles. The third kappa shape index (κ3) is 4.18. The summed E-state index contributed by atoms with van der Waals surface area (Å²) in [7, 11) is 0. The topological polar surface area (TPSA) is 71.3 Å². The summed E-state index contributed by atoms with van der Waals surface area (Å²) in [5, 5.41) is 8.43. The van der Waals surface area contributed by atoms with E-state index in [2.05, 4.69) is 10.5 Å². The van der Waals surface area contributed by atoms with Crippen LogP contribution in [-0.4, -0.2) is 16.2 Å². The number of nitrogens with zero attached hydrogens (tertiary/aromatic N) is 3. The summed E-state index contributed by atoms with van der Waals surface area (Å²) in [5.74, 6) is 0.789. The highest BCUT2D eigenvalue weighted by Crippen LogP contribution is 2.39. The molecule has 0 saturated heterocycles. The van der Waals surface area contributed by atoms with Crippen LogP contribution in [0, 0.1) is 6.92 Å². The van der Waals surface area contributed by atoms with Gasteiger partial charge in [-0.25, -0.2) is 4.79 Å². The minimum Gasteiger partial charge on any atom is -0.334 e. The second-order valence-corrected chi connectivity index (χ2v) is 8.91. The maximum atomic E-state index is 13.2. The van der Waals surface area contributed by atoms with Crippen LogP contribution in [0.1, 0.15) is 30.0 Å². The molecular weight excluding hydrogens is 471 g/mol. The Balaban J connectivity index is 1.66. The summed E-state index contributed by atoms with van der Waals surface area (Å²) < 4.78 is 5.74. The number of rotatable bonds is 4. The average Bonchev–Trinajstić information content (AvgIpc) is 3.30. The normalized spacial score (nSPS) is 16.1. The van der Waals surface area contributed by atoms with Crippen LogP contribution in [0.2, 0.25) is 10.0 Å². The largest absolute Gasteiger partial charge is 0.334 e. The van der Waals surface area contributed by atoms with Gasteiger partial charge >= 0.3 is 6.03 Å². The van der Waals surface area contributed by atoms with Gasteiger partial charge in [0.1, 0.15) is 0 Å². The molecule has 0 saturated carbocycles. The Labute approximate surface area is 206 Å². The Kier molecular flexibility index (Phi) is 5.86. The van der Waals surface area contributed by atoms with Gasteiger partial charge in [-0.3, -0.25) is 4.90 Å². The summed E-state index contributed by atoms with van der Waals surface area (Å²) in [6.07, 6.45) is 0. The zero-order valence-corrected chi connectivity index (χ0v) is 19.9. The monoisotopic (exact) mass is 490 g/mol. The lowest BCUT2D eigenvalue weighted by molar-refractivity contribution is 0.244. The van der Waals surface area contributed by atoms with E-state index in [1.807, 2.05) is 56.3 Å². The Bertz CT molecular complexity index is 1410. The van der Waals surface area contributed by atoms with E-state index in [-0.39, 0.29) is 6.03 Å². The zero-order chi connectivity index (χ0) is 23.8. The minimum absolute atomic E-state index is 0.285. The van der Waals surface area contributed by atoms with Crippen molar-refractivity contribution in [2.24, 2.45) is 0 Å². The number of benzene rings is 3. The van der Waals surface area contributed by atoms with Crippen molar-refractivity contribution >= 4 is 40.5 Å². The molecule has 0 radical (unpaired) electrons. The molecule has 5 rings (SSSR count). The highest BCUT2D eigenvalue weighted by atomic mass is 35.5. The molecule has 1 aromatic heterocycles. The SMILES string of the molecule is CC1=C(c2nc(-c3cccc(C)c3)no2)C(c2cccc(Cl)c2)NC(=O)N1c1ccc(Cl)cc1. The second-order valence-electron chi connectivity index (χ2n) is 8.04. The van der Waals surface area contributed by atoms with Gasteiger partial charge in [0, 0.05) is 21.3 Å². The van der Waals surface area contributed by atoms with Crippen LogP contribution in [0.15, 0.2) is 83.0 Å². The quantitative estimate of drug-likeness (QED) is 0.332. The van der Waals surface area contributed by atoms with Gasteiger partial charge in [0.05, 0.1) is 17.3 Å². The summed E-state index contributed by atoms with van der Waals surface area (Å²) in [6.45, 7) is 3.86. The highest BCUT2D eigenvalue weighted by molar-refractivity contribution is 6.31. The lowest BCUT2D eigenvalue weighted by atomic mass is 9.94. The summed E-state index contributed by atoms with van der Waals surface area (Å²) in [4.78, 5) is 19.5. The van der Waals surface area contributed by atoms with E-state index in [1.165, 1.54) is 0 Å². The fourth-order valence-corrected chi connectivity index (χ4v) is 4.42. The molecule has 6 nitrogen and oxygen atoms in total. The van der Waals surface area contributed by atoms with Crippen molar-refractivity contribution in [2.75, 3.05) is 4.90 Å². The number of amides is 2. The molecule has 170 valence electrons. The number of hydrogen-bond donors (Lipinski definition) is 1. The molecular formula is C26H20Cl2N4O2. The molecule has 0 aliphatic carbocycles. The predicted molar refractivity (Wildman–Crippen MR) is 134 cm³/mol. The fourth-order valence-electron chi connectivity index (χ4n) is 4.09. The van der Waals surface area contributed by atoms with Crippen molar-refractivity contribution in [3.8, 4) is 11.4 Å². The van der Waals surface area contributed by atoms with E-state index in [0.29, 0.717) is 38.7 Å². The molecule has 2 amide bonds. The minimum atomic E-state index is -0.527. The first-order valence-electron chi connectivity index (χ1n) is 10.6. The van der Waals surface area contributed by atoms with Crippen LogP contribution in [-0.2, 0) is 0 Å². The molecule has 2 heterocycles. The first-order chi connectivity index (χ1) is 16.4. The van der Waals surface area contributed by atoms with Crippen LogP contribution in [0.5, 0.6) is 0 Å². The Morgan fingerprint density at radius 3 is 2.44 bits per heavy atom. The third-order valence-electron chi connectivity index (χ3n) is 5.68. The van der Waals surface area contributed by atoms with Crippen LogP contribution < -0.4 is 10.2 Å². The van der Waals surface area contributed by atoms with Gasteiger partial charge in [0.15, 0.2) is 0 Å². The van der Waals surface area contributed by atoms with Crippen molar-refractivity contribution in [3.05, 3.63) is 106 Å². The second kappa shape index (κ2) is 8.97. The number of carbonyl (C=O) groups excluding carboxylic acids is 1. The molecule has 8 heteroatoms. The van der Waals surface area contributed by atoms with Crippen LogP contribution in [0.3, 0.4) is 0 Å². The molecule has 1 aliphatic heterocycles. The third-order valence-corrected chi connectivity index (χ3v) is 6.17. The molecule has 0 bridgehead atoms. The van der Waals surface area contributed by atoms with E-state index >= 15 is 0 Å². The van der Waals surface area contributed by atoms with Gasteiger partial charge in [-0.1, -0.05) is 64.3 Å². The average molecular weight is 491 g/mol. The number of anilines is 1. The number of halogens is 2. The predicted octanol–water partition coefficient (Wildman–Crippen LogP) is 7.05. The molecule has 1 aliphatic rings. The Morgan fingerprint density at radius 2 is 1.71 bits per heavy atom. The van der Waals surface area contributed by atoms with Crippen LogP contribution in [0.25, 0.3) is 17.0 Å². The van der Waals surface area contributed by atoms with E-state index in [1.54, 1.807) is 35.2 Å². The van der Waals surface area contributed by atoms with Crippen molar-refractivity contribution in [3.63, 3.8) is 0 Å². The van der Waals surface area contributed by atoms with Crippen molar-refractivity contribution in [1.82, 2.24) is 15.5 Å². The van der Waals surface area contributed by atoms with E-state index in [4.69, 9.17) is 32.7 Å². The lowest BCUT2D eigenvalue weighted by Crippen LogP contribution is -2.46. The van der Waals surface area contributed by atoms with Gasteiger partial charge in [-0.15, -0.1) is 0 Å². The molecule has 1 atom stereocenters. The maximum absolute atomic E-state index is 13.2. The molecule has 1 N–H and O–H groups in total. The van der Waals surface area contributed by atoms with E-state index in [9.17, 15) is 4.79 Å².